The van der Waals surface area contributed by atoms with E-state index in [0.717, 1.165) is 6.08 Å². The highest BCUT2D eigenvalue weighted by atomic mass is 16.4. The summed E-state index contributed by atoms with van der Waals surface area (Å²) in [5.41, 5.74) is 0. The van der Waals surface area contributed by atoms with E-state index < -0.39 is 11.7 Å². The number of hydrogen-bond acceptors (Lipinski definition) is 2. The van der Waals surface area contributed by atoms with E-state index in [1.54, 1.807) is 0 Å². The van der Waals surface area contributed by atoms with E-state index in [2.05, 4.69) is 6.58 Å². The second-order valence-electron chi connectivity index (χ2n) is 1.40. The fourth-order valence-corrected chi connectivity index (χ4v) is 0.278. The lowest BCUT2D eigenvalue weighted by molar-refractivity contribution is -0.302. The van der Waals surface area contributed by atoms with Gasteiger partial charge in [-0.15, -0.1) is 6.58 Å². The van der Waals surface area contributed by atoms with Gasteiger partial charge in [0.1, 0.15) is 0 Å². The van der Waals surface area contributed by atoms with E-state index in [-0.39, 0.29) is 0 Å². The Bertz CT molecular complexity index is 146. The van der Waals surface area contributed by atoms with Gasteiger partial charge in [0, 0.05) is 0 Å². The van der Waals surface area contributed by atoms with Crippen LogP contribution in [0.4, 0.5) is 0 Å². The Morgan fingerprint density at radius 1 is 1.78 bits per heavy atom. The molecule has 0 radical (unpaired) electrons. The molecule has 50 valence electrons. The lowest BCUT2D eigenvalue weighted by Gasteiger charge is -2.02. The highest BCUT2D eigenvalue weighted by Crippen LogP contribution is 1.87. The zero-order valence-corrected chi connectivity index (χ0v) is 4.83. The first-order valence-corrected chi connectivity index (χ1v) is 2.40. The molecule has 0 unspecified atom stereocenters. The zero-order valence-electron chi connectivity index (χ0n) is 4.83. The second kappa shape index (κ2) is 3.72. The average molecular weight is 127 g/mol. The Morgan fingerprint density at radius 2 is 2.33 bits per heavy atom. The number of allylic oxidation sites excluding steroid dienone is 2. The number of carboxylic acids is 1. The maximum absolute atomic E-state index is 10.2. The number of aliphatic carboxylic acids is 1. The van der Waals surface area contributed by atoms with Crippen LogP contribution in [-0.4, -0.2) is 11.1 Å². The van der Waals surface area contributed by atoms with E-state index >= 15 is 0 Å². The van der Waals surface area contributed by atoms with Crippen molar-refractivity contribution >= 4 is 5.97 Å². The first-order valence-electron chi connectivity index (χ1n) is 2.40. The van der Waals surface area contributed by atoms with E-state index in [4.69, 9.17) is 5.11 Å². The predicted octanol–water partition coefficient (Wildman–Crippen LogP) is -0.109. The maximum atomic E-state index is 10.2. The van der Waals surface area contributed by atoms with Crippen molar-refractivity contribution < 1.29 is 15.0 Å². The molecule has 0 rings (SSSR count). The Morgan fingerprint density at radius 3 is 2.67 bits per heavy atom. The van der Waals surface area contributed by atoms with Crippen molar-refractivity contribution in [2.75, 3.05) is 0 Å². The number of rotatable bonds is 3. The summed E-state index contributed by atoms with van der Waals surface area (Å²) in [4.78, 5) is 9.79. The van der Waals surface area contributed by atoms with Crippen molar-refractivity contribution in [2.45, 2.75) is 6.42 Å². The fourth-order valence-electron chi connectivity index (χ4n) is 0.278. The highest BCUT2D eigenvalue weighted by molar-refractivity contribution is 5.82. The van der Waals surface area contributed by atoms with Crippen LogP contribution in [0.3, 0.4) is 0 Å². The third-order valence-electron chi connectivity index (χ3n) is 0.681. The van der Waals surface area contributed by atoms with Crippen molar-refractivity contribution in [3.8, 4) is 0 Å². The summed E-state index contributed by atoms with van der Waals surface area (Å²) in [6, 6.07) is 0. The molecule has 0 bridgehead atoms. The normalized spacial score (nSPS) is 10.9. The second-order valence-corrected chi connectivity index (χ2v) is 1.40. The first-order chi connectivity index (χ1) is 4.18. The molecule has 3 nitrogen and oxygen atoms in total. The minimum absolute atomic E-state index is 0.311. The van der Waals surface area contributed by atoms with Crippen LogP contribution in [-0.2, 0) is 4.79 Å². The molecule has 0 aromatic heterocycles. The van der Waals surface area contributed by atoms with Gasteiger partial charge in [-0.05, 0) is 12.2 Å². The van der Waals surface area contributed by atoms with Crippen LogP contribution >= 0.6 is 0 Å². The lowest BCUT2D eigenvalue weighted by Crippen LogP contribution is -2.13. The van der Waals surface area contributed by atoms with E-state index in [1.807, 2.05) is 0 Å². The number of carbonyl (C=O) groups is 1. The third kappa shape index (κ3) is 3.34. The smallest absolute Gasteiger partial charge is 0.320 e. The van der Waals surface area contributed by atoms with Gasteiger partial charge >= 0.3 is 5.97 Å². The topological polar surface area (TPSA) is 60.4 Å². The van der Waals surface area contributed by atoms with Crippen molar-refractivity contribution in [1.82, 2.24) is 0 Å². The third-order valence-corrected chi connectivity index (χ3v) is 0.681. The molecule has 9 heavy (non-hydrogen) atoms. The van der Waals surface area contributed by atoms with Gasteiger partial charge in [0.05, 0.1) is 0 Å². The lowest BCUT2D eigenvalue weighted by atomic mass is 10.3. The minimum Gasteiger partial charge on any atom is -0.868 e. The average Bonchev–Trinajstić information content (AvgIpc) is 1.82. The summed E-state index contributed by atoms with van der Waals surface area (Å²) in [5.74, 6) is -2.30. The van der Waals surface area contributed by atoms with Crippen LogP contribution in [0, 0.1) is 0 Å². The summed E-state index contributed by atoms with van der Waals surface area (Å²) >= 11 is 0. The quantitative estimate of drug-likeness (QED) is 0.327. The van der Waals surface area contributed by atoms with Crippen molar-refractivity contribution in [3.63, 3.8) is 0 Å². The first kappa shape index (κ1) is 7.75. The van der Waals surface area contributed by atoms with Gasteiger partial charge in [-0.3, -0.25) is 0 Å². The summed E-state index contributed by atoms with van der Waals surface area (Å²) in [6.45, 7) is 3.32. The van der Waals surface area contributed by atoms with Gasteiger partial charge in [0.2, 0.25) is 0 Å². The van der Waals surface area contributed by atoms with Crippen LogP contribution in [0.5, 0.6) is 0 Å². The molecule has 0 aliphatic rings. The molecule has 0 atom stereocenters. The van der Waals surface area contributed by atoms with Gasteiger partial charge in [0.15, 0.2) is 0 Å². The van der Waals surface area contributed by atoms with Crippen molar-refractivity contribution in [2.24, 2.45) is 0 Å². The molecule has 3 heteroatoms. The number of carboxylic acid groups (broad SMARTS) is 1. The fraction of sp³-hybridized carbons (Fsp3) is 0.167. The Labute approximate surface area is 52.9 Å². The molecule has 0 aliphatic heterocycles. The molecular formula is C6H7O3-. The summed E-state index contributed by atoms with van der Waals surface area (Å²) in [7, 11) is 0. The molecule has 0 spiro atoms. The largest absolute Gasteiger partial charge is 0.868 e. The summed E-state index contributed by atoms with van der Waals surface area (Å²) < 4.78 is 0. The Kier molecular flexibility index (Phi) is 3.20. The predicted molar refractivity (Wildman–Crippen MR) is 30.5 cm³/mol. The maximum Gasteiger partial charge on any atom is 0.320 e. The van der Waals surface area contributed by atoms with Crippen LogP contribution in [0.15, 0.2) is 24.5 Å². The molecule has 0 saturated carbocycles. The molecule has 0 amide bonds. The standard InChI is InChI=1S/C6H8O3/c1-2-3-4-5(7)6(8)9/h2,4,7H,1,3H2,(H,8,9)/p-1/b5-4-. The Hall–Kier alpha value is -1.25. The van der Waals surface area contributed by atoms with E-state index in [9.17, 15) is 9.90 Å². The van der Waals surface area contributed by atoms with Crippen LogP contribution in [0.1, 0.15) is 6.42 Å². The van der Waals surface area contributed by atoms with Gasteiger partial charge in [-0.2, -0.15) is 0 Å². The van der Waals surface area contributed by atoms with E-state index in [1.165, 1.54) is 6.08 Å². The highest BCUT2D eigenvalue weighted by Gasteiger charge is 1.88. The van der Waals surface area contributed by atoms with E-state index in [0.29, 0.717) is 6.42 Å². The minimum atomic E-state index is -1.42. The van der Waals surface area contributed by atoms with Crippen molar-refractivity contribution in [3.05, 3.63) is 24.5 Å². The van der Waals surface area contributed by atoms with Gasteiger partial charge in [-0.25, -0.2) is 4.79 Å². The summed E-state index contributed by atoms with van der Waals surface area (Å²) in [5, 5.41) is 18.2. The molecular weight excluding hydrogens is 120 g/mol. The Balaban J connectivity index is 3.83. The molecule has 0 aromatic carbocycles. The van der Waals surface area contributed by atoms with Gasteiger partial charge in [-0.1, -0.05) is 12.2 Å². The van der Waals surface area contributed by atoms with Gasteiger partial charge in [0.25, 0.3) is 0 Å². The molecule has 1 N–H and O–H groups in total. The molecule has 0 heterocycles. The monoisotopic (exact) mass is 127 g/mol. The summed E-state index contributed by atoms with van der Waals surface area (Å²) in [6.07, 6.45) is 2.83. The zero-order chi connectivity index (χ0) is 7.28. The van der Waals surface area contributed by atoms with Crippen LogP contribution in [0.25, 0.3) is 0 Å². The van der Waals surface area contributed by atoms with Crippen LogP contribution in [0.2, 0.25) is 0 Å². The molecule has 0 fully saturated rings. The van der Waals surface area contributed by atoms with Crippen molar-refractivity contribution in [1.29, 1.82) is 0 Å². The number of hydrogen-bond donors (Lipinski definition) is 1. The van der Waals surface area contributed by atoms with Crippen LogP contribution < -0.4 is 5.11 Å². The molecule has 0 aromatic rings. The molecule has 0 saturated heterocycles. The van der Waals surface area contributed by atoms with Gasteiger partial charge < -0.3 is 10.2 Å². The SMILES string of the molecule is C=CC/C=C(\[O-])C(=O)O. The molecule has 0 aliphatic carbocycles.